The van der Waals surface area contributed by atoms with Gasteiger partial charge in [0.05, 0.1) is 5.56 Å². The van der Waals surface area contributed by atoms with Crippen LogP contribution in [0.3, 0.4) is 0 Å². The average Bonchev–Trinajstić information content (AvgIpc) is 2.86. The monoisotopic (exact) mass is 278 g/mol. The molecule has 0 spiro atoms. The van der Waals surface area contributed by atoms with Gasteiger partial charge >= 0.3 is 5.97 Å². The fraction of sp³-hybridized carbons (Fsp3) is 0.357. The molecule has 1 N–H and O–H groups in total. The maximum atomic E-state index is 13.9. The molecular formula is C14H15FN2O3. The third-order valence-corrected chi connectivity index (χ3v) is 2.92. The SMILES string of the molecule is Cc1cccc(-c2nnc(CCCCC(=O)O)o2)c1F. The van der Waals surface area contributed by atoms with Gasteiger partial charge < -0.3 is 9.52 Å². The smallest absolute Gasteiger partial charge is 0.303 e. The van der Waals surface area contributed by atoms with E-state index in [1.165, 1.54) is 0 Å². The van der Waals surface area contributed by atoms with Crippen LogP contribution < -0.4 is 0 Å². The number of benzene rings is 1. The Hall–Kier alpha value is -2.24. The highest BCUT2D eigenvalue weighted by molar-refractivity contribution is 5.66. The fourth-order valence-corrected chi connectivity index (χ4v) is 1.83. The Labute approximate surface area is 115 Å². The molecule has 20 heavy (non-hydrogen) atoms. The van der Waals surface area contributed by atoms with Gasteiger partial charge in [-0.2, -0.15) is 0 Å². The van der Waals surface area contributed by atoms with Crippen molar-refractivity contribution in [2.45, 2.75) is 32.6 Å². The van der Waals surface area contributed by atoms with Gasteiger partial charge in [-0.1, -0.05) is 12.1 Å². The summed E-state index contributed by atoms with van der Waals surface area (Å²) in [4.78, 5) is 10.4. The molecule has 0 aliphatic heterocycles. The molecule has 0 saturated heterocycles. The molecule has 1 aromatic heterocycles. The zero-order valence-corrected chi connectivity index (χ0v) is 11.1. The Bertz CT molecular complexity index is 610. The van der Waals surface area contributed by atoms with E-state index < -0.39 is 5.97 Å². The first-order valence-electron chi connectivity index (χ1n) is 6.37. The largest absolute Gasteiger partial charge is 0.481 e. The van der Waals surface area contributed by atoms with Crippen LogP contribution in [0.2, 0.25) is 0 Å². The van der Waals surface area contributed by atoms with E-state index in [2.05, 4.69) is 10.2 Å². The van der Waals surface area contributed by atoms with E-state index >= 15 is 0 Å². The van der Waals surface area contributed by atoms with Crippen molar-refractivity contribution in [1.29, 1.82) is 0 Å². The summed E-state index contributed by atoms with van der Waals surface area (Å²) in [6.45, 7) is 1.67. The van der Waals surface area contributed by atoms with Crippen molar-refractivity contribution in [3.63, 3.8) is 0 Å². The number of aromatic nitrogens is 2. The third kappa shape index (κ3) is 3.40. The number of carbonyl (C=O) groups is 1. The fourth-order valence-electron chi connectivity index (χ4n) is 1.83. The number of hydrogen-bond acceptors (Lipinski definition) is 4. The Kier molecular flexibility index (Phi) is 4.45. The van der Waals surface area contributed by atoms with Crippen LogP contribution in [0.15, 0.2) is 22.6 Å². The molecule has 0 saturated carbocycles. The molecule has 0 amide bonds. The third-order valence-electron chi connectivity index (χ3n) is 2.92. The van der Waals surface area contributed by atoms with Crippen LogP contribution in [0.5, 0.6) is 0 Å². The van der Waals surface area contributed by atoms with Crippen LogP contribution in [0.1, 0.15) is 30.7 Å². The summed E-state index contributed by atoms with van der Waals surface area (Å²) in [5.41, 5.74) is 0.804. The minimum Gasteiger partial charge on any atom is -0.481 e. The molecule has 0 radical (unpaired) electrons. The highest BCUT2D eigenvalue weighted by atomic mass is 19.1. The van der Waals surface area contributed by atoms with Crippen LogP contribution in [0, 0.1) is 12.7 Å². The molecule has 5 nitrogen and oxygen atoms in total. The van der Waals surface area contributed by atoms with E-state index in [1.54, 1.807) is 25.1 Å². The minimum absolute atomic E-state index is 0.119. The quantitative estimate of drug-likeness (QED) is 0.822. The number of carboxylic acids is 1. The van der Waals surface area contributed by atoms with Gasteiger partial charge in [-0.05, 0) is 31.4 Å². The first-order chi connectivity index (χ1) is 9.58. The Morgan fingerprint density at radius 1 is 1.35 bits per heavy atom. The van der Waals surface area contributed by atoms with Gasteiger partial charge in [0.15, 0.2) is 0 Å². The van der Waals surface area contributed by atoms with Gasteiger partial charge in [0.25, 0.3) is 5.89 Å². The predicted molar refractivity (Wildman–Crippen MR) is 69.6 cm³/mol. The van der Waals surface area contributed by atoms with Crippen molar-refractivity contribution in [3.8, 4) is 11.5 Å². The highest BCUT2D eigenvalue weighted by Crippen LogP contribution is 2.23. The van der Waals surface area contributed by atoms with Gasteiger partial charge in [-0.3, -0.25) is 4.79 Å². The number of carboxylic acid groups (broad SMARTS) is 1. The molecule has 106 valence electrons. The normalized spacial score (nSPS) is 10.7. The second kappa shape index (κ2) is 6.27. The summed E-state index contributed by atoms with van der Waals surface area (Å²) in [7, 11) is 0. The minimum atomic E-state index is -0.821. The molecule has 0 fully saturated rings. The lowest BCUT2D eigenvalue weighted by Gasteiger charge is -2.00. The lowest BCUT2D eigenvalue weighted by molar-refractivity contribution is -0.137. The standard InChI is InChI=1S/C14H15FN2O3/c1-9-5-4-6-10(13(9)15)14-17-16-11(20-14)7-2-3-8-12(18)19/h4-6H,2-3,7-8H2,1H3,(H,18,19). The zero-order chi connectivity index (χ0) is 14.5. The lowest BCUT2D eigenvalue weighted by Crippen LogP contribution is -1.95. The molecule has 0 aliphatic carbocycles. The molecule has 0 bridgehead atoms. The first-order valence-corrected chi connectivity index (χ1v) is 6.37. The van der Waals surface area contributed by atoms with E-state index in [0.717, 1.165) is 0 Å². The van der Waals surface area contributed by atoms with Crippen molar-refractivity contribution in [1.82, 2.24) is 10.2 Å². The number of rotatable bonds is 6. The topological polar surface area (TPSA) is 76.2 Å². The second-order valence-electron chi connectivity index (χ2n) is 4.54. The summed E-state index contributed by atoms with van der Waals surface area (Å²) in [5, 5.41) is 16.2. The van der Waals surface area contributed by atoms with Crippen LogP contribution in [0.25, 0.3) is 11.5 Å². The molecule has 1 aromatic carbocycles. The molecule has 0 unspecified atom stereocenters. The van der Waals surface area contributed by atoms with Crippen LogP contribution >= 0.6 is 0 Å². The Morgan fingerprint density at radius 3 is 2.90 bits per heavy atom. The summed E-state index contributed by atoms with van der Waals surface area (Å²) in [6.07, 6.45) is 1.80. The molecule has 0 atom stereocenters. The van der Waals surface area contributed by atoms with Crippen LogP contribution in [-0.2, 0) is 11.2 Å². The van der Waals surface area contributed by atoms with E-state index in [0.29, 0.717) is 30.7 Å². The Morgan fingerprint density at radius 2 is 2.15 bits per heavy atom. The summed E-state index contributed by atoms with van der Waals surface area (Å²) < 4.78 is 19.3. The van der Waals surface area contributed by atoms with Crippen LogP contribution in [0.4, 0.5) is 4.39 Å². The second-order valence-corrected chi connectivity index (χ2v) is 4.54. The summed E-state index contributed by atoms with van der Waals surface area (Å²) in [6, 6.07) is 4.98. The molecule has 1 heterocycles. The number of hydrogen-bond donors (Lipinski definition) is 1. The van der Waals surface area contributed by atoms with Gasteiger partial charge in [0, 0.05) is 12.8 Å². The molecule has 2 rings (SSSR count). The van der Waals surface area contributed by atoms with Gasteiger partial charge in [-0.25, -0.2) is 4.39 Å². The number of halogens is 1. The van der Waals surface area contributed by atoms with Gasteiger partial charge in [0.1, 0.15) is 5.82 Å². The van der Waals surface area contributed by atoms with E-state index in [-0.39, 0.29) is 23.7 Å². The zero-order valence-electron chi connectivity index (χ0n) is 11.1. The van der Waals surface area contributed by atoms with Crippen molar-refractivity contribution in [2.75, 3.05) is 0 Å². The van der Waals surface area contributed by atoms with Crippen molar-refractivity contribution in [3.05, 3.63) is 35.5 Å². The maximum Gasteiger partial charge on any atom is 0.303 e. The average molecular weight is 278 g/mol. The number of unbranched alkanes of at least 4 members (excludes halogenated alkanes) is 1. The highest BCUT2D eigenvalue weighted by Gasteiger charge is 2.14. The first kappa shape index (κ1) is 14.2. The van der Waals surface area contributed by atoms with E-state index in [1.807, 2.05) is 0 Å². The predicted octanol–water partition coefficient (Wildman–Crippen LogP) is 2.98. The maximum absolute atomic E-state index is 13.9. The van der Waals surface area contributed by atoms with Crippen molar-refractivity contribution < 1.29 is 18.7 Å². The molecule has 2 aromatic rings. The van der Waals surface area contributed by atoms with Gasteiger partial charge in [0.2, 0.25) is 5.89 Å². The summed E-state index contributed by atoms with van der Waals surface area (Å²) >= 11 is 0. The van der Waals surface area contributed by atoms with E-state index in [4.69, 9.17) is 9.52 Å². The Balaban J connectivity index is 2.02. The lowest BCUT2D eigenvalue weighted by atomic mass is 10.1. The number of aryl methyl sites for hydroxylation is 2. The van der Waals surface area contributed by atoms with Gasteiger partial charge in [-0.15, -0.1) is 10.2 Å². The molecule has 0 aliphatic rings. The number of nitrogens with zero attached hydrogens (tertiary/aromatic N) is 2. The molecule has 6 heteroatoms. The number of aliphatic carboxylic acids is 1. The van der Waals surface area contributed by atoms with E-state index in [9.17, 15) is 9.18 Å². The van der Waals surface area contributed by atoms with Crippen LogP contribution in [-0.4, -0.2) is 21.3 Å². The summed E-state index contributed by atoms with van der Waals surface area (Å²) in [5.74, 6) is -0.641. The molecular weight excluding hydrogens is 263 g/mol. The van der Waals surface area contributed by atoms with Crippen molar-refractivity contribution in [2.24, 2.45) is 0 Å². The van der Waals surface area contributed by atoms with Crippen molar-refractivity contribution >= 4 is 5.97 Å².